The minimum absolute atomic E-state index is 0.0384. The molecule has 148 valence electrons. The van der Waals surface area contributed by atoms with Gasteiger partial charge in [-0.25, -0.2) is 9.18 Å². The van der Waals surface area contributed by atoms with Crippen LogP contribution in [0.15, 0.2) is 53.2 Å². The van der Waals surface area contributed by atoms with Crippen molar-refractivity contribution in [3.05, 3.63) is 75.5 Å². The number of ether oxygens (including phenoxy) is 2. The molecule has 0 atom stereocenters. The second kappa shape index (κ2) is 9.05. The van der Waals surface area contributed by atoms with Gasteiger partial charge in [-0.2, -0.15) is 13.2 Å². The maximum atomic E-state index is 14.7. The SMILES string of the molecule is COC=C(C(=O)OC)c1ccccc1C=C(F)c1ccc(Br)c(C(F)(F)F)c1. The van der Waals surface area contributed by atoms with Crippen LogP contribution >= 0.6 is 15.9 Å². The molecule has 8 heteroatoms. The molecule has 0 heterocycles. The lowest BCUT2D eigenvalue weighted by molar-refractivity contribution is -0.138. The van der Waals surface area contributed by atoms with Crippen LogP contribution in [0.4, 0.5) is 17.6 Å². The molecule has 0 bridgehead atoms. The molecule has 0 amide bonds. The fourth-order valence-electron chi connectivity index (χ4n) is 2.43. The smallest absolute Gasteiger partial charge is 0.417 e. The molecule has 0 saturated heterocycles. The maximum absolute atomic E-state index is 14.7. The van der Waals surface area contributed by atoms with E-state index in [2.05, 4.69) is 15.9 Å². The predicted molar refractivity (Wildman–Crippen MR) is 102 cm³/mol. The van der Waals surface area contributed by atoms with Gasteiger partial charge in [-0.1, -0.05) is 46.3 Å². The van der Waals surface area contributed by atoms with Crippen LogP contribution < -0.4 is 0 Å². The number of esters is 1. The van der Waals surface area contributed by atoms with Crippen LogP contribution in [-0.4, -0.2) is 20.2 Å². The van der Waals surface area contributed by atoms with E-state index in [0.717, 1.165) is 18.4 Å². The Morgan fingerprint density at radius 2 is 1.79 bits per heavy atom. The zero-order valence-electron chi connectivity index (χ0n) is 14.8. The zero-order valence-corrected chi connectivity index (χ0v) is 16.4. The van der Waals surface area contributed by atoms with Crippen LogP contribution in [0.2, 0.25) is 0 Å². The monoisotopic (exact) mass is 458 g/mol. The number of rotatable bonds is 5. The van der Waals surface area contributed by atoms with Crippen LogP contribution in [0.3, 0.4) is 0 Å². The Morgan fingerprint density at radius 1 is 1.11 bits per heavy atom. The summed E-state index contributed by atoms with van der Waals surface area (Å²) in [6, 6.07) is 9.35. The summed E-state index contributed by atoms with van der Waals surface area (Å²) in [6.07, 6.45) is -2.44. The fourth-order valence-corrected chi connectivity index (χ4v) is 2.90. The molecule has 0 aliphatic rings. The predicted octanol–water partition coefficient (Wildman–Crippen LogP) is 6.10. The minimum atomic E-state index is -4.63. The summed E-state index contributed by atoms with van der Waals surface area (Å²) < 4.78 is 63.3. The van der Waals surface area contributed by atoms with Gasteiger partial charge in [0.2, 0.25) is 0 Å². The quantitative estimate of drug-likeness (QED) is 0.178. The second-order valence-corrected chi connectivity index (χ2v) is 6.39. The van der Waals surface area contributed by atoms with Gasteiger partial charge in [-0.3, -0.25) is 0 Å². The van der Waals surface area contributed by atoms with E-state index < -0.39 is 23.5 Å². The van der Waals surface area contributed by atoms with E-state index in [1.807, 2.05) is 0 Å². The standard InChI is InChI=1S/C20H15BrF4O3/c1-27-11-15(19(26)28-2)14-6-4-3-5-12(14)10-18(22)13-7-8-17(21)16(9-13)20(23,24)25/h3-11H,1-2H3. The average Bonchev–Trinajstić information content (AvgIpc) is 2.65. The van der Waals surface area contributed by atoms with Crippen molar-refractivity contribution in [2.45, 2.75) is 6.18 Å². The second-order valence-electron chi connectivity index (χ2n) is 5.53. The van der Waals surface area contributed by atoms with Crippen molar-refractivity contribution in [1.82, 2.24) is 0 Å². The number of halogens is 5. The fraction of sp³-hybridized carbons (Fsp3) is 0.150. The third-order valence-corrected chi connectivity index (χ3v) is 4.41. The van der Waals surface area contributed by atoms with Crippen molar-refractivity contribution in [3.63, 3.8) is 0 Å². The van der Waals surface area contributed by atoms with E-state index in [9.17, 15) is 22.4 Å². The maximum Gasteiger partial charge on any atom is 0.417 e. The van der Waals surface area contributed by atoms with Gasteiger partial charge in [0, 0.05) is 10.0 Å². The molecule has 3 nitrogen and oxygen atoms in total. The third kappa shape index (κ3) is 5.01. The highest BCUT2D eigenvalue weighted by molar-refractivity contribution is 9.10. The topological polar surface area (TPSA) is 35.5 Å². The first-order chi connectivity index (χ1) is 13.2. The minimum Gasteiger partial charge on any atom is -0.503 e. The molecule has 0 unspecified atom stereocenters. The van der Waals surface area contributed by atoms with E-state index in [4.69, 9.17) is 9.47 Å². The van der Waals surface area contributed by atoms with Gasteiger partial charge < -0.3 is 9.47 Å². The summed E-state index contributed by atoms with van der Waals surface area (Å²) in [4.78, 5) is 12.0. The molecule has 2 aromatic carbocycles. The summed E-state index contributed by atoms with van der Waals surface area (Å²) >= 11 is 2.82. The summed E-state index contributed by atoms with van der Waals surface area (Å²) in [6.45, 7) is 0. The van der Waals surface area contributed by atoms with Crippen molar-refractivity contribution in [2.75, 3.05) is 14.2 Å². The number of hydrogen-bond acceptors (Lipinski definition) is 3. The molecule has 0 fully saturated rings. The summed E-state index contributed by atoms with van der Waals surface area (Å²) in [5, 5.41) is 0. The van der Waals surface area contributed by atoms with E-state index in [1.165, 1.54) is 26.4 Å². The number of carbonyl (C=O) groups is 1. The molecular weight excluding hydrogens is 444 g/mol. The Balaban J connectivity index is 2.55. The molecule has 2 aromatic rings. The van der Waals surface area contributed by atoms with Crippen molar-refractivity contribution in [2.24, 2.45) is 0 Å². The van der Waals surface area contributed by atoms with Gasteiger partial charge in [-0.05, 0) is 29.3 Å². The van der Waals surface area contributed by atoms with E-state index in [0.29, 0.717) is 11.6 Å². The number of alkyl halides is 3. The first-order valence-electron chi connectivity index (χ1n) is 7.84. The Hall–Kier alpha value is -2.61. The van der Waals surface area contributed by atoms with E-state index in [-0.39, 0.29) is 21.2 Å². The molecular formula is C20H15BrF4O3. The summed E-state index contributed by atoms with van der Waals surface area (Å²) in [7, 11) is 2.52. The first-order valence-corrected chi connectivity index (χ1v) is 8.63. The van der Waals surface area contributed by atoms with Crippen LogP contribution in [0.1, 0.15) is 22.3 Å². The number of carbonyl (C=O) groups excluding carboxylic acids is 1. The Labute approximate surface area is 167 Å². The highest BCUT2D eigenvalue weighted by Gasteiger charge is 2.33. The lowest BCUT2D eigenvalue weighted by Gasteiger charge is -2.11. The van der Waals surface area contributed by atoms with Crippen molar-refractivity contribution in [3.8, 4) is 0 Å². The first kappa shape index (κ1) is 21.7. The Morgan fingerprint density at radius 3 is 2.39 bits per heavy atom. The molecule has 0 aliphatic heterocycles. The third-order valence-electron chi connectivity index (χ3n) is 3.72. The lowest BCUT2D eigenvalue weighted by Crippen LogP contribution is -2.06. The highest BCUT2D eigenvalue weighted by Crippen LogP contribution is 2.37. The van der Waals surface area contributed by atoms with Crippen LogP contribution in [-0.2, 0) is 20.4 Å². The molecule has 2 rings (SSSR count). The highest BCUT2D eigenvalue weighted by atomic mass is 79.9. The number of methoxy groups -OCH3 is 2. The Kier molecular flexibility index (Phi) is 7.01. The zero-order chi connectivity index (χ0) is 20.9. The normalized spacial score (nSPS) is 12.7. The van der Waals surface area contributed by atoms with Crippen LogP contribution in [0, 0.1) is 0 Å². The van der Waals surface area contributed by atoms with Crippen molar-refractivity contribution < 1.29 is 31.8 Å². The van der Waals surface area contributed by atoms with E-state index in [1.54, 1.807) is 18.2 Å². The van der Waals surface area contributed by atoms with Crippen molar-refractivity contribution >= 4 is 39.4 Å². The summed E-state index contributed by atoms with van der Waals surface area (Å²) in [5.74, 6) is -1.60. The van der Waals surface area contributed by atoms with Gasteiger partial charge in [0.1, 0.15) is 11.4 Å². The number of benzene rings is 2. The Bertz CT molecular complexity index is 933. The molecule has 28 heavy (non-hydrogen) atoms. The van der Waals surface area contributed by atoms with E-state index >= 15 is 0 Å². The van der Waals surface area contributed by atoms with Gasteiger partial charge in [0.05, 0.1) is 26.0 Å². The van der Waals surface area contributed by atoms with Crippen LogP contribution in [0.5, 0.6) is 0 Å². The number of hydrogen-bond donors (Lipinski definition) is 0. The van der Waals surface area contributed by atoms with Gasteiger partial charge in [0.15, 0.2) is 0 Å². The summed E-state index contributed by atoms with van der Waals surface area (Å²) in [5.41, 5.74) is -0.627. The largest absolute Gasteiger partial charge is 0.503 e. The molecule has 0 aliphatic carbocycles. The van der Waals surface area contributed by atoms with Gasteiger partial charge in [-0.15, -0.1) is 0 Å². The lowest BCUT2D eigenvalue weighted by atomic mass is 9.99. The van der Waals surface area contributed by atoms with Gasteiger partial charge >= 0.3 is 12.1 Å². The molecule has 0 radical (unpaired) electrons. The van der Waals surface area contributed by atoms with Gasteiger partial charge in [0.25, 0.3) is 0 Å². The average molecular weight is 459 g/mol. The molecule has 0 saturated carbocycles. The van der Waals surface area contributed by atoms with Crippen LogP contribution in [0.25, 0.3) is 17.5 Å². The molecule has 0 spiro atoms. The molecule has 0 N–H and O–H groups in total. The van der Waals surface area contributed by atoms with Crippen molar-refractivity contribution in [1.29, 1.82) is 0 Å². The molecule has 0 aromatic heterocycles.